The lowest BCUT2D eigenvalue weighted by atomic mass is 10.1. The third-order valence-corrected chi connectivity index (χ3v) is 4.59. The molecular formula is C20H23FN2O2. The Kier molecular flexibility index (Phi) is 5.34. The zero-order valence-corrected chi connectivity index (χ0v) is 14.7. The lowest BCUT2D eigenvalue weighted by molar-refractivity contribution is 0.0627. The van der Waals surface area contributed by atoms with Crippen molar-refractivity contribution in [3.8, 4) is 5.75 Å². The molecule has 5 heteroatoms. The minimum atomic E-state index is -0.260. The van der Waals surface area contributed by atoms with Gasteiger partial charge in [-0.2, -0.15) is 0 Å². The molecule has 4 nitrogen and oxygen atoms in total. The Bertz CT molecular complexity index is 738. The molecule has 0 aliphatic carbocycles. The maximum absolute atomic E-state index is 13.5. The summed E-state index contributed by atoms with van der Waals surface area (Å²) in [6.07, 6.45) is 0. The Labute approximate surface area is 147 Å². The summed E-state index contributed by atoms with van der Waals surface area (Å²) in [6, 6.07) is 12.2. The number of hydrogen-bond acceptors (Lipinski definition) is 3. The van der Waals surface area contributed by atoms with Crippen molar-refractivity contribution in [1.82, 2.24) is 9.80 Å². The molecule has 0 atom stereocenters. The topological polar surface area (TPSA) is 32.8 Å². The molecular weight excluding hydrogens is 319 g/mol. The first kappa shape index (κ1) is 17.4. The molecule has 2 aromatic rings. The van der Waals surface area contributed by atoms with Crippen LogP contribution in [0.2, 0.25) is 0 Å². The van der Waals surface area contributed by atoms with Crippen LogP contribution in [-0.4, -0.2) is 49.0 Å². The SMILES string of the molecule is COc1ccc(F)cc1CN1CCN(C(=O)c2ccc(C)cc2)CC1. The van der Waals surface area contributed by atoms with Crippen LogP contribution in [0.3, 0.4) is 0 Å². The first-order chi connectivity index (χ1) is 12.1. The predicted molar refractivity (Wildman–Crippen MR) is 95.3 cm³/mol. The molecule has 0 unspecified atom stereocenters. The standard InChI is InChI=1S/C20H23FN2O2/c1-15-3-5-16(6-4-15)20(24)23-11-9-22(10-12-23)14-17-13-18(21)7-8-19(17)25-2/h3-8,13H,9-12,14H2,1-2H3. The minimum Gasteiger partial charge on any atom is -0.496 e. The van der Waals surface area contributed by atoms with Crippen molar-refractivity contribution >= 4 is 5.91 Å². The van der Waals surface area contributed by atoms with E-state index in [2.05, 4.69) is 4.90 Å². The molecule has 2 aromatic carbocycles. The lowest BCUT2D eigenvalue weighted by Crippen LogP contribution is -2.48. The fourth-order valence-electron chi connectivity index (χ4n) is 3.10. The second kappa shape index (κ2) is 7.66. The summed E-state index contributed by atoms with van der Waals surface area (Å²) < 4.78 is 18.8. The van der Waals surface area contributed by atoms with Crippen molar-refractivity contribution in [2.24, 2.45) is 0 Å². The van der Waals surface area contributed by atoms with Crippen molar-refractivity contribution in [3.63, 3.8) is 0 Å². The van der Waals surface area contributed by atoms with E-state index in [0.717, 1.165) is 29.8 Å². The normalized spacial score (nSPS) is 15.2. The van der Waals surface area contributed by atoms with Gasteiger partial charge in [-0.1, -0.05) is 17.7 Å². The summed E-state index contributed by atoms with van der Waals surface area (Å²) >= 11 is 0. The van der Waals surface area contributed by atoms with E-state index in [0.29, 0.717) is 25.4 Å². The number of benzene rings is 2. The molecule has 0 N–H and O–H groups in total. The van der Waals surface area contributed by atoms with Crippen LogP contribution in [-0.2, 0) is 6.54 Å². The Hall–Kier alpha value is -2.40. The molecule has 0 saturated carbocycles. The smallest absolute Gasteiger partial charge is 0.253 e. The molecule has 1 aliphatic heterocycles. The third kappa shape index (κ3) is 4.17. The van der Waals surface area contributed by atoms with Crippen LogP contribution in [0, 0.1) is 12.7 Å². The fourth-order valence-corrected chi connectivity index (χ4v) is 3.10. The highest BCUT2D eigenvalue weighted by Gasteiger charge is 2.22. The number of ether oxygens (including phenoxy) is 1. The molecule has 1 fully saturated rings. The zero-order valence-electron chi connectivity index (χ0n) is 14.7. The van der Waals surface area contributed by atoms with E-state index in [1.165, 1.54) is 12.1 Å². The van der Waals surface area contributed by atoms with Gasteiger partial charge in [-0.25, -0.2) is 4.39 Å². The average molecular weight is 342 g/mol. The number of carbonyl (C=O) groups is 1. The second-order valence-electron chi connectivity index (χ2n) is 6.39. The molecule has 0 aromatic heterocycles. The number of amides is 1. The summed E-state index contributed by atoms with van der Waals surface area (Å²) in [4.78, 5) is 16.7. The highest BCUT2D eigenvalue weighted by atomic mass is 19.1. The van der Waals surface area contributed by atoms with Crippen molar-refractivity contribution in [1.29, 1.82) is 0 Å². The van der Waals surface area contributed by atoms with Crippen LogP contribution in [0.1, 0.15) is 21.5 Å². The second-order valence-corrected chi connectivity index (χ2v) is 6.39. The van der Waals surface area contributed by atoms with E-state index in [9.17, 15) is 9.18 Å². The summed E-state index contributed by atoms with van der Waals surface area (Å²) in [6.45, 7) is 5.49. The lowest BCUT2D eigenvalue weighted by Gasteiger charge is -2.35. The number of hydrogen-bond donors (Lipinski definition) is 0. The molecule has 1 aliphatic rings. The van der Waals surface area contributed by atoms with Crippen molar-refractivity contribution in [2.75, 3.05) is 33.3 Å². The van der Waals surface area contributed by atoms with Crippen LogP contribution in [0.15, 0.2) is 42.5 Å². The molecule has 0 spiro atoms. The molecule has 0 radical (unpaired) electrons. The first-order valence-corrected chi connectivity index (χ1v) is 8.47. The van der Waals surface area contributed by atoms with E-state index in [1.807, 2.05) is 36.1 Å². The number of nitrogens with zero attached hydrogens (tertiary/aromatic N) is 2. The Balaban J connectivity index is 1.59. The van der Waals surface area contributed by atoms with Crippen LogP contribution in [0.5, 0.6) is 5.75 Å². The monoisotopic (exact) mass is 342 g/mol. The van der Waals surface area contributed by atoms with Gasteiger partial charge in [-0.15, -0.1) is 0 Å². The number of aryl methyl sites for hydroxylation is 1. The Morgan fingerprint density at radius 3 is 2.40 bits per heavy atom. The summed E-state index contributed by atoms with van der Waals surface area (Å²) in [7, 11) is 1.59. The molecule has 0 bridgehead atoms. The predicted octanol–water partition coefficient (Wildman–Crippen LogP) is 3.10. The van der Waals surface area contributed by atoms with Gasteiger partial charge in [-0.05, 0) is 37.3 Å². The van der Waals surface area contributed by atoms with Crippen LogP contribution < -0.4 is 4.74 Å². The van der Waals surface area contributed by atoms with Gasteiger partial charge in [0, 0.05) is 43.9 Å². The van der Waals surface area contributed by atoms with Crippen LogP contribution in [0.25, 0.3) is 0 Å². The number of piperazine rings is 1. The molecule has 1 amide bonds. The van der Waals surface area contributed by atoms with Gasteiger partial charge >= 0.3 is 0 Å². The van der Waals surface area contributed by atoms with E-state index < -0.39 is 0 Å². The highest BCUT2D eigenvalue weighted by molar-refractivity contribution is 5.94. The fraction of sp³-hybridized carbons (Fsp3) is 0.350. The highest BCUT2D eigenvalue weighted by Crippen LogP contribution is 2.22. The molecule has 1 saturated heterocycles. The van der Waals surface area contributed by atoms with Gasteiger partial charge in [-0.3, -0.25) is 9.69 Å². The minimum absolute atomic E-state index is 0.0722. The van der Waals surface area contributed by atoms with E-state index in [-0.39, 0.29) is 11.7 Å². The van der Waals surface area contributed by atoms with Crippen LogP contribution in [0.4, 0.5) is 4.39 Å². The quantitative estimate of drug-likeness (QED) is 0.856. The number of carbonyl (C=O) groups excluding carboxylic acids is 1. The molecule has 132 valence electrons. The molecule has 3 rings (SSSR count). The van der Waals surface area contributed by atoms with Crippen molar-refractivity contribution in [3.05, 3.63) is 65.0 Å². The third-order valence-electron chi connectivity index (χ3n) is 4.59. The Morgan fingerprint density at radius 2 is 1.76 bits per heavy atom. The van der Waals surface area contributed by atoms with Gasteiger partial charge in [0.2, 0.25) is 0 Å². The van der Waals surface area contributed by atoms with Gasteiger partial charge in [0.25, 0.3) is 5.91 Å². The Morgan fingerprint density at radius 1 is 1.08 bits per heavy atom. The zero-order chi connectivity index (χ0) is 17.8. The van der Waals surface area contributed by atoms with Crippen molar-refractivity contribution in [2.45, 2.75) is 13.5 Å². The van der Waals surface area contributed by atoms with Gasteiger partial charge in [0.15, 0.2) is 0 Å². The number of methoxy groups -OCH3 is 1. The largest absolute Gasteiger partial charge is 0.496 e. The van der Waals surface area contributed by atoms with Gasteiger partial charge < -0.3 is 9.64 Å². The van der Waals surface area contributed by atoms with Crippen molar-refractivity contribution < 1.29 is 13.9 Å². The summed E-state index contributed by atoms with van der Waals surface area (Å²) in [5, 5.41) is 0. The van der Waals surface area contributed by atoms with Crippen LogP contribution >= 0.6 is 0 Å². The maximum Gasteiger partial charge on any atom is 0.253 e. The molecule has 25 heavy (non-hydrogen) atoms. The van der Waals surface area contributed by atoms with E-state index in [1.54, 1.807) is 13.2 Å². The van der Waals surface area contributed by atoms with E-state index in [4.69, 9.17) is 4.74 Å². The van der Waals surface area contributed by atoms with E-state index >= 15 is 0 Å². The summed E-state index contributed by atoms with van der Waals surface area (Å²) in [5.41, 5.74) is 2.71. The first-order valence-electron chi connectivity index (χ1n) is 8.47. The number of rotatable bonds is 4. The molecule has 1 heterocycles. The summed E-state index contributed by atoms with van der Waals surface area (Å²) in [5.74, 6) is 0.506. The average Bonchev–Trinajstić information content (AvgIpc) is 2.63. The van der Waals surface area contributed by atoms with Gasteiger partial charge in [0.05, 0.1) is 7.11 Å². The maximum atomic E-state index is 13.5. The van der Waals surface area contributed by atoms with Gasteiger partial charge in [0.1, 0.15) is 11.6 Å². The number of halogens is 1.